The molecule has 1 amide bonds. The van der Waals surface area contributed by atoms with Gasteiger partial charge in [0.2, 0.25) is 0 Å². The van der Waals surface area contributed by atoms with Gasteiger partial charge in [0.05, 0.1) is 25.0 Å². The number of hydrogen-bond donors (Lipinski definition) is 1. The van der Waals surface area contributed by atoms with Gasteiger partial charge < -0.3 is 19.0 Å². The zero-order valence-corrected chi connectivity index (χ0v) is 17.6. The Morgan fingerprint density at radius 1 is 1.23 bits per heavy atom. The fourth-order valence-corrected chi connectivity index (χ4v) is 3.27. The molecule has 0 radical (unpaired) electrons. The standard InChI is InChI=1S/C24H23N3O4/c1-4-30-24(29)18-7-9-21(10-8-18)27-16(2)12-19(17(27)3)13-20(14-25)23(28)26-15-22-6-5-11-31-22/h5-13H,4,15H2,1-3H3,(H,26,28)/b20-13+. The van der Waals surface area contributed by atoms with Crippen LogP contribution < -0.4 is 5.32 Å². The predicted octanol–water partition coefficient (Wildman–Crippen LogP) is 4.09. The molecule has 2 heterocycles. The molecule has 7 heteroatoms. The molecular formula is C24H23N3O4. The highest BCUT2D eigenvalue weighted by molar-refractivity contribution is 6.01. The van der Waals surface area contributed by atoms with E-state index in [0.29, 0.717) is 17.9 Å². The minimum absolute atomic E-state index is 0.00413. The molecule has 0 fully saturated rings. The number of carbonyl (C=O) groups is 2. The number of aromatic nitrogens is 1. The summed E-state index contributed by atoms with van der Waals surface area (Å²) in [5, 5.41) is 12.2. The van der Waals surface area contributed by atoms with Crippen molar-refractivity contribution >= 4 is 18.0 Å². The summed E-state index contributed by atoms with van der Waals surface area (Å²) >= 11 is 0. The molecule has 2 aromatic heterocycles. The fraction of sp³-hybridized carbons (Fsp3) is 0.208. The van der Waals surface area contributed by atoms with Crippen molar-refractivity contribution in [1.29, 1.82) is 5.26 Å². The van der Waals surface area contributed by atoms with Crippen molar-refractivity contribution in [1.82, 2.24) is 9.88 Å². The molecule has 158 valence electrons. The largest absolute Gasteiger partial charge is 0.467 e. The first kappa shape index (κ1) is 21.7. The number of nitrogens with one attached hydrogen (secondary N) is 1. The second-order valence-electron chi connectivity index (χ2n) is 6.86. The molecule has 0 aliphatic heterocycles. The van der Waals surface area contributed by atoms with Gasteiger partial charge in [-0.1, -0.05) is 0 Å². The third-order valence-electron chi connectivity index (χ3n) is 4.78. The fourth-order valence-electron chi connectivity index (χ4n) is 3.27. The summed E-state index contributed by atoms with van der Waals surface area (Å²) in [4.78, 5) is 24.3. The van der Waals surface area contributed by atoms with Gasteiger partial charge in [-0.25, -0.2) is 4.79 Å². The molecule has 0 aliphatic rings. The molecule has 0 spiro atoms. The first-order valence-corrected chi connectivity index (χ1v) is 9.83. The van der Waals surface area contributed by atoms with Crippen LogP contribution in [-0.2, 0) is 16.1 Å². The first-order valence-electron chi connectivity index (χ1n) is 9.83. The summed E-state index contributed by atoms with van der Waals surface area (Å²) < 4.78 is 12.2. The number of nitriles is 1. The number of esters is 1. The van der Waals surface area contributed by atoms with Crippen LogP contribution in [0.3, 0.4) is 0 Å². The summed E-state index contributed by atoms with van der Waals surface area (Å²) in [7, 11) is 0. The molecule has 31 heavy (non-hydrogen) atoms. The van der Waals surface area contributed by atoms with E-state index in [2.05, 4.69) is 5.32 Å². The van der Waals surface area contributed by atoms with E-state index in [1.54, 1.807) is 37.3 Å². The molecule has 1 N–H and O–H groups in total. The monoisotopic (exact) mass is 417 g/mol. The van der Waals surface area contributed by atoms with Gasteiger partial charge in [0, 0.05) is 17.1 Å². The van der Waals surface area contributed by atoms with Gasteiger partial charge in [0.25, 0.3) is 5.91 Å². The highest BCUT2D eigenvalue weighted by atomic mass is 16.5. The van der Waals surface area contributed by atoms with E-state index in [1.807, 2.05) is 42.7 Å². The molecule has 0 unspecified atom stereocenters. The summed E-state index contributed by atoms with van der Waals surface area (Å²) in [6.07, 6.45) is 3.10. The third kappa shape index (κ3) is 4.93. The van der Waals surface area contributed by atoms with Crippen LogP contribution in [0, 0.1) is 25.2 Å². The highest BCUT2D eigenvalue weighted by Crippen LogP contribution is 2.23. The van der Waals surface area contributed by atoms with E-state index in [1.165, 1.54) is 6.26 Å². The molecule has 0 atom stereocenters. The Kier molecular flexibility index (Phi) is 6.73. The molecule has 1 aromatic carbocycles. The van der Waals surface area contributed by atoms with Crippen LogP contribution in [0.25, 0.3) is 11.8 Å². The topological polar surface area (TPSA) is 97.3 Å². The van der Waals surface area contributed by atoms with E-state index in [-0.39, 0.29) is 18.1 Å². The number of hydrogen-bond acceptors (Lipinski definition) is 5. The van der Waals surface area contributed by atoms with E-state index < -0.39 is 5.91 Å². The number of furan rings is 1. The summed E-state index contributed by atoms with van der Waals surface area (Å²) in [6.45, 7) is 6.14. The number of rotatable bonds is 7. The van der Waals surface area contributed by atoms with Crippen LogP contribution in [-0.4, -0.2) is 23.1 Å². The SMILES string of the molecule is CCOC(=O)c1ccc(-n2c(C)cc(/C=C(\C#N)C(=O)NCc3ccco3)c2C)cc1. The second-order valence-corrected chi connectivity index (χ2v) is 6.86. The van der Waals surface area contributed by atoms with Gasteiger partial charge in [-0.3, -0.25) is 4.79 Å². The average Bonchev–Trinajstić information content (AvgIpc) is 3.38. The molecule has 0 aliphatic carbocycles. The quantitative estimate of drug-likeness (QED) is 0.355. The molecule has 3 aromatic rings. The maximum atomic E-state index is 12.4. The Labute approximate surface area is 180 Å². The van der Waals surface area contributed by atoms with Crippen molar-refractivity contribution in [3.8, 4) is 11.8 Å². The number of ether oxygens (including phenoxy) is 1. The van der Waals surface area contributed by atoms with Crippen LogP contribution >= 0.6 is 0 Å². The lowest BCUT2D eigenvalue weighted by molar-refractivity contribution is -0.117. The zero-order valence-electron chi connectivity index (χ0n) is 17.6. The van der Waals surface area contributed by atoms with Crippen LogP contribution in [0.2, 0.25) is 0 Å². The minimum Gasteiger partial charge on any atom is -0.467 e. The van der Waals surface area contributed by atoms with Gasteiger partial charge in [0.15, 0.2) is 0 Å². The van der Waals surface area contributed by atoms with Gasteiger partial charge in [-0.05, 0) is 74.9 Å². The first-order chi connectivity index (χ1) is 14.9. The summed E-state index contributed by atoms with van der Waals surface area (Å²) in [5.74, 6) is -0.226. The molecule has 0 bridgehead atoms. The zero-order chi connectivity index (χ0) is 22.4. The summed E-state index contributed by atoms with van der Waals surface area (Å²) in [5.41, 5.74) is 3.91. The Hall–Kier alpha value is -4.05. The molecule has 0 saturated heterocycles. The molecule has 0 saturated carbocycles. The predicted molar refractivity (Wildman–Crippen MR) is 115 cm³/mol. The average molecular weight is 417 g/mol. The van der Waals surface area contributed by atoms with Gasteiger partial charge >= 0.3 is 5.97 Å². The van der Waals surface area contributed by atoms with Crippen molar-refractivity contribution in [3.05, 3.63) is 82.6 Å². The van der Waals surface area contributed by atoms with Crippen molar-refractivity contribution < 1.29 is 18.7 Å². The van der Waals surface area contributed by atoms with Crippen LogP contribution in [0.1, 0.15) is 40.0 Å². The second kappa shape index (κ2) is 9.63. The van der Waals surface area contributed by atoms with Gasteiger partial charge in [0.1, 0.15) is 17.4 Å². The lowest BCUT2D eigenvalue weighted by Crippen LogP contribution is -2.23. The molecular weight excluding hydrogens is 394 g/mol. The van der Waals surface area contributed by atoms with E-state index in [0.717, 1.165) is 22.6 Å². The summed E-state index contributed by atoms with van der Waals surface area (Å²) in [6, 6.07) is 14.4. The lowest BCUT2D eigenvalue weighted by Gasteiger charge is -2.10. The van der Waals surface area contributed by atoms with Crippen molar-refractivity contribution in [2.75, 3.05) is 6.61 Å². The van der Waals surface area contributed by atoms with Crippen LogP contribution in [0.15, 0.2) is 58.7 Å². The minimum atomic E-state index is -0.470. The van der Waals surface area contributed by atoms with Gasteiger partial charge in [-0.15, -0.1) is 0 Å². The number of aryl methyl sites for hydroxylation is 1. The van der Waals surface area contributed by atoms with Gasteiger partial charge in [-0.2, -0.15) is 5.26 Å². The molecule has 7 nitrogen and oxygen atoms in total. The Balaban J connectivity index is 1.83. The van der Waals surface area contributed by atoms with Crippen molar-refractivity contribution in [3.63, 3.8) is 0 Å². The van der Waals surface area contributed by atoms with E-state index in [4.69, 9.17) is 9.15 Å². The van der Waals surface area contributed by atoms with Crippen LogP contribution in [0.4, 0.5) is 0 Å². The third-order valence-corrected chi connectivity index (χ3v) is 4.78. The van der Waals surface area contributed by atoms with Crippen LogP contribution in [0.5, 0.6) is 0 Å². The normalized spacial score (nSPS) is 11.1. The Morgan fingerprint density at radius 3 is 2.58 bits per heavy atom. The van der Waals surface area contributed by atoms with Crippen molar-refractivity contribution in [2.24, 2.45) is 0 Å². The number of amides is 1. The van der Waals surface area contributed by atoms with Crippen molar-refractivity contribution in [2.45, 2.75) is 27.3 Å². The Bertz CT molecular complexity index is 1150. The highest BCUT2D eigenvalue weighted by Gasteiger charge is 2.15. The maximum Gasteiger partial charge on any atom is 0.338 e. The van der Waals surface area contributed by atoms with E-state index >= 15 is 0 Å². The number of benzene rings is 1. The smallest absolute Gasteiger partial charge is 0.338 e. The van der Waals surface area contributed by atoms with E-state index in [9.17, 15) is 14.9 Å². The Morgan fingerprint density at radius 2 is 1.97 bits per heavy atom. The number of carbonyl (C=O) groups excluding carboxylic acids is 2. The lowest BCUT2D eigenvalue weighted by atomic mass is 10.1. The number of nitrogens with zero attached hydrogens (tertiary/aromatic N) is 2. The molecule has 3 rings (SSSR count). The maximum absolute atomic E-state index is 12.4.